The van der Waals surface area contributed by atoms with E-state index in [0.29, 0.717) is 6.04 Å². The molecule has 0 fully saturated rings. The summed E-state index contributed by atoms with van der Waals surface area (Å²) >= 11 is 5.39. The Morgan fingerprint density at radius 3 is 2.64 bits per heavy atom. The van der Waals surface area contributed by atoms with Gasteiger partial charge in [0.05, 0.1) is 0 Å². The molecule has 0 rings (SSSR count). The van der Waals surface area contributed by atoms with Crippen molar-refractivity contribution in [3.05, 3.63) is 11.6 Å². The highest BCUT2D eigenvalue weighted by Crippen LogP contribution is 1.97. The number of hydrogen-bond donors (Lipinski definition) is 1. The Labute approximate surface area is 93.3 Å². The summed E-state index contributed by atoms with van der Waals surface area (Å²) in [7, 11) is 2.17. The van der Waals surface area contributed by atoms with Gasteiger partial charge in [-0.05, 0) is 46.8 Å². The first-order valence-electron chi connectivity index (χ1n) is 5.34. The van der Waals surface area contributed by atoms with Crippen molar-refractivity contribution in [1.82, 2.24) is 10.2 Å². The SMILES string of the molecule is CC(C)N(C)CCCCNC/C=C/Cl. The van der Waals surface area contributed by atoms with E-state index in [1.165, 1.54) is 19.4 Å². The fourth-order valence-corrected chi connectivity index (χ4v) is 1.19. The average Bonchev–Trinajstić information content (AvgIpc) is 2.16. The molecule has 0 unspecified atom stereocenters. The monoisotopic (exact) mass is 218 g/mol. The second-order valence-corrected chi connectivity index (χ2v) is 4.10. The summed E-state index contributed by atoms with van der Waals surface area (Å²) in [6, 6.07) is 0.655. The highest BCUT2D eigenvalue weighted by atomic mass is 35.5. The topological polar surface area (TPSA) is 15.3 Å². The quantitative estimate of drug-likeness (QED) is 0.630. The number of nitrogens with one attached hydrogen (secondary N) is 1. The normalized spacial score (nSPS) is 12.1. The summed E-state index contributed by atoms with van der Waals surface area (Å²) in [6.07, 6.45) is 4.40. The largest absolute Gasteiger partial charge is 0.313 e. The van der Waals surface area contributed by atoms with Gasteiger partial charge in [0, 0.05) is 18.1 Å². The minimum absolute atomic E-state index is 0.655. The maximum atomic E-state index is 5.39. The molecule has 0 heterocycles. The van der Waals surface area contributed by atoms with Crippen molar-refractivity contribution < 1.29 is 0 Å². The van der Waals surface area contributed by atoms with E-state index < -0.39 is 0 Å². The molecule has 3 heteroatoms. The molecule has 14 heavy (non-hydrogen) atoms. The maximum absolute atomic E-state index is 5.39. The van der Waals surface area contributed by atoms with E-state index in [9.17, 15) is 0 Å². The van der Waals surface area contributed by atoms with Gasteiger partial charge in [-0.2, -0.15) is 0 Å². The molecule has 0 aromatic rings. The molecule has 1 N–H and O–H groups in total. The number of nitrogens with zero attached hydrogens (tertiary/aromatic N) is 1. The van der Waals surface area contributed by atoms with Gasteiger partial charge in [-0.15, -0.1) is 0 Å². The first kappa shape index (κ1) is 13.9. The van der Waals surface area contributed by atoms with E-state index in [1.54, 1.807) is 5.54 Å². The molecule has 0 bridgehead atoms. The van der Waals surface area contributed by atoms with Crippen LogP contribution >= 0.6 is 11.6 Å². The number of halogens is 1. The lowest BCUT2D eigenvalue weighted by atomic mass is 10.2. The third kappa shape index (κ3) is 8.54. The van der Waals surface area contributed by atoms with Crippen LogP contribution in [-0.4, -0.2) is 37.6 Å². The lowest BCUT2D eigenvalue weighted by Gasteiger charge is -2.20. The Hall–Kier alpha value is -0.0500. The predicted octanol–water partition coefficient (Wildman–Crippen LogP) is 2.45. The summed E-state index contributed by atoms with van der Waals surface area (Å²) in [5.74, 6) is 0. The predicted molar refractivity (Wildman–Crippen MR) is 64.9 cm³/mol. The molecular weight excluding hydrogens is 196 g/mol. The van der Waals surface area contributed by atoms with Gasteiger partial charge >= 0.3 is 0 Å². The van der Waals surface area contributed by atoms with Crippen molar-refractivity contribution in [3.63, 3.8) is 0 Å². The third-order valence-electron chi connectivity index (χ3n) is 2.35. The van der Waals surface area contributed by atoms with Gasteiger partial charge in [0.25, 0.3) is 0 Å². The Morgan fingerprint density at radius 1 is 1.36 bits per heavy atom. The molecule has 2 nitrogen and oxygen atoms in total. The van der Waals surface area contributed by atoms with Crippen LogP contribution in [0.5, 0.6) is 0 Å². The second kappa shape index (κ2) is 9.50. The van der Waals surface area contributed by atoms with E-state index in [0.717, 1.165) is 13.1 Å². The smallest absolute Gasteiger partial charge is 0.0146 e. The Bertz CT molecular complexity index is 146. The van der Waals surface area contributed by atoms with Gasteiger partial charge in [0.2, 0.25) is 0 Å². The van der Waals surface area contributed by atoms with E-state index in [1.807, 2.05) is 6.08 Å². The Morgan fingerprint density at radius 2 is 2.07 bits per heavy atom. The summed E-state index contributed by atoms with van der Waals surface area (Å²) < 4.78 is 0. The van der Waals surface area contributed by atoms with Gasteiger partial charge in [-0.25, -0.2) is 0 Å². The summed E-state index contributed by atoms with van der Waals surface area (Å²) in [5, 5.41) is 3.30. The summed E-state index contributed by atoms with van der Waals surface area (Å²) in [6.45, 7) is 7.59. The van der Waals surface area contributed by atoms with Crippen LogP contribution < -0.4 is 5.32 Å². The molecule has 0 spiro atoms. The fraction of sp³-hybridized carbons (Fsp3) is 0.818. The fourth-order valence-electron chi connectivity index (χ4n) is 1.10. The summed E-state index contributed by atoms with van der Waals surface area (Å²) in [4.78, 5) is 2.37. The highest BCUT2D eigenvalue weighted by Gasteiger charge is 2.00. The highest BCUT2D eigenvalue weighted by molar-refractivity contribution is 6.25. The van der Waals surface area contributed by atoms with Gasteiger partial charge in [0.15, 0.2) is 0 Å². The Balaban J connectivity index is 3.13. The molecule has 0 aromatic carbocycles. The van der Waals surface area contributed by atoms with Gasteiger partial charge < -0.3 is 10.2 Å². The number of rotatable bonds is 8. The zero-order chi connectivity index (χ0) is 10.8. The standard InChI is InChI=1S/C11H23ClN2/c1-11(2)14(3)10-5-4-8-13-9-6-7-12/h6-7,11,13H,4-5,8-10H2,1-3H3/b7-6+. The molecular formula is C11H23ClN2. The third-order valence-corrected chi connectivity index (χ3v) is 2.53. The van der Waals surface area contributed by atoms with Crippen molar-refractivity contribution in [2.45, 2.75) is 32.7 Å². The van der Waals surface area contributed by atoms with E-state index in [2.05, 4.69) is 31.1 Å². The average molecular weight is 219 g/mol. The number of hydrogen-bond acceptors (Lipinski definition) is 2. The minimum Gasteiger partial charge on any atom is -0.313 e. The van der Waals surface area contributed by atoms with Crippen LogP contribution in [0.2, 0.25) is 0 Å². The zero-order valence-corrected chi connectivity index (χ0v) is 10.3. The van der Waals surface area contributed by atoms with Crippen molar-refractivity contribution >= 4 is 11.6 Å². The van der Waals surface area contributed by atoms with E-state index in [-0.39, 0.29) is 0 Å². The lowest BCUT2D eigenvalue weighted by Crippen LogP contribution is -2.27. The molecule has 0 radical (unpaired) electrons. The van der Waals surface area contributed by atoms with E-state index >= 15 is 0 Å². The Kier molecular flexibility index (Phi) is 9.47. The van der Waals surface area contributed by atoms with Crippen molar-refractivity contribution in [1.29, 1.82) is 0 Å². The van der Waals surface area contributed by atoms with Crippen LogP contribution in [0.25, 0.3) is 0 Å². The summed E-state index contributed by atoms with van der Waals surface area (Å²) in [5.41, 5.74) is 1.56. The lowest BCUT2D eigenvalue weighted by molar-refractivity contribution is 0.268. The molecule has 0 saturated heterocycles. The van der Waals surface area contributed by atoms with Gasteiger partial charge in [0.1, 0.15) is 0 Å². The van der Waals surface area contributed by atoms with Crippen LogP contribution in [0, 0.1) is 0 Å². The van der Waals surface area contributed by atoms with Crippen LogP contribution in [-0.2, 0) is 0 Å². The van der Waals surface area contributed by atoms with E-state index in [4.69, 9.17) is 11.6 Å². The van der Waals surface area contributed by atoms with Crippen LogP contribution in [0.3, 0.4) is 0 Å². The second-order valence-electron chi connectivity index (χ2n) is 3.85. The van der Waals surface area contributed by atoms with Crippen molar-refractivity contribution in [3.8, 4) is 0 Å². The first-order chi connectivity index (χ1) is 6.68. The van der Waals surface area contributed by atoms with Crippen LogP contribution in [0.15, 0.2) is 11.6 Å². The zero-order valence-electron chi connectivity index (χ0n) is 9.59. The first-order valence-corrected chi connectivity index (χ1v) is 5.78. The minimum atomic E-state index is 0.655. The molecule has 0 atom stereocenters. The van der Waals surface area contributed by atoms with Crippen LogP contribution in [0.1, 0.15) is 26.7 Å². The molecule has 0 aromatic heterocycles. The molecule has 0 amide bonds. The van der Waals surface area contributed by atoms with Crippen molar-refractivity contribution in [2.24, 2.45) is 0 Å². The van der Waals surface area contributed by atoms with Crippen LogP contribution in [0.4, 0.5) is 0 Å². The molecule has 0 aliphatic carbocycles. The molecule has 0 aliphatic rings. The maximum Gasteiger partial charge on any atom is 0.0146 e. The van der Waals surface area contributed by atoms with Gasteiger partial charge in [-0.1, -0.05) is 17.7 Å². The van der Waals surface area contributed by atoms with Crippen molar-refractivity contribution in [2.75, 3.05) is 26.7 Å². The number of unbranched alkanes of at least 4 members (excludes halogenated alkanes) is 1. The molecule has 0 aliphatic heterocycles. The van der Waals surface area contributed by atoms with Gasteiger partial charge in [-0.3, -0.25) is 0 Å². The molecule has 84 valence electrons. The molecule has 0 saturated carbocycles.